The second-order valence-electron chi connectivity index (χ2n) is 3.59. The number of phenolic OH excluding ortho intramolecular Hbond substituents is 1. The molecule has 0 radical (unpaired) electrons. The van der Waals surface area contributed by atoms with Crippen molar-refractivity contribution in [1.29, 1.82) is 0 Å². The predicted octanol–water partition coefficient (Wildman–Crippen LogP) is 2.90. The van der Waals surface area contributed by atoms with Crippen molar-refractivity contribution in [2.75, 3.05) is 12.9 Å². The summed E-state index contributed by atoms with van der Waals surface area (Å²) in [5.74, 6) is 1.82. The van der Waals surface area contributed by atoms with E-state index in [4.69, 9.17) is 4.74 Å². The SMILES string of the molecule is CSc1ccc(O)cc1OCC1CC1. The maximum absolute atomic E-state index is 9.32. The molecule has 0 amide bonds. The van der Waals surface area contributed by atoms with Gasteiger partial charge in [0.1, 0.15) is 11.5 Å². The van der Waals surface area contributed by atoms with E-state index >= 15 is 0 Å². The molecule has 0 unspecified atom stereocenters. The summed E-state index contributed by atoms with van der Waals surface area (Å²) in [5, 5.41) is 9.32. The van der Waals surface area contributed by atoms with Gasteiger partial charge in [0, 0.05) is 11.0 Å². The molecule has 1 aromatic carbocycles. The van der Waals surface area contributed by atoms with Gasteiger partial charge in [-0.05, 0) is 37.1 Å². The van der Waals surface area contributed by atoms with E-state index in [0.29, 0.717) is 0 Å². The average Bonchev–Trinajstić information content (AvgIpc) is 2.98. The van der Waals surface area contributed by atoms with Crippen LogP contribution < -0.4 is 4.74 Å². The Bertz CT molecular complexity index is 321. The molecule has 3 heteroatoms. The van der Waals surface area contributed by atoms with E-state index in [0.717, 1.165) is 23.2 Å². The van der Waals surface area contributed by atoms with Crippen molar-refractivity contribution in [3.8, 4) is 11.5 Å². The highest BCUT2D eigenvalue weighted by Crippen LogP contribution is 2.34. The third kappa shape index (κ3) is 2.35. The third-order valence-corrected chi connectivity index (χ3v) is 3.10. The molecule has 0 bridgehead atoms. The summed E-state index contributed by atoms with van der Waals surface area (Å²) >= 11 is 1.64. The van der Waals surface area contributed by atoms with Crippen LogP contribution >= 0.6 is 11.8 Å². The van der Waals surface area contributed by atoms with Crippen LogP contribution in [0.3, 0.4) is 0 Å². The lowest BCUT2D eigenvalue weighted by atomic mass is 10.3. The quantitative estimate of drug-likeness (QED) is 0.775. The fourth-order valence-corrected chi connectivity index (χ4v) is 1.79. The molecular formula is C11H14O2S. The predicted molar refractivity (Wildman–Crippen MR) is 58.1 cm³/mol. The van der Waals surface area contributed by atoms with Crippen LogP contribution in [0.2, 0.25) is 0 Å². The molecule has 1 fully saturated rings. The van der Waals surface area contributed by atoms with Gasteiger partial charge in [-0.1, -0.05) is 0 Å². The molecule has 0 spiro atoms. The second-order valence-corrected chi connectivity index (χ2v) is 4.44. The normalized spacial score (nSPS) is 15.5. The lowest BCUT2D eigenvalue weighted by Crippen LogP contribution is -1.99. The lowest BCUT2D eigenvalue weighted by Gasteiger charge is -2.09. The Morgan fingerprint density at radius 1 is 1.50 bits per heavy atom. The molecule has 1 aliphatic rings. The van der Waals surface area contributed by atoms with E-state index in [-0.39, 0.29) is 5.75 Å². The Morgan fingerprint density at radius 2 is 2.29 bits per heavy atom. The number of benzene rings is 1. The van der Waals surface area contributed by atoms with E-state index in [2.05, 4.69) is 0 Å². The number of ether oxygens (including phenoxy) is 1. The summed E-state index contributed by atoms with van der Waals surface area (Å²) < 4.78 is 5.65. The van der Waals surface area contributed by atoms with Gasteiger partial charge in [-0.25, -0.2) is 0 Å². The second kappa shape index (κ2) is 4.13. The van der Waals surface area contributed by atoms with Crippen molar-refractivity contribution in [3.05, 3.63) is 18.2 Å². The monoisotopic (exact) mass is 210 g/mol. The van der Waals surface area contributed by atoms with Crippen molar-refractivity contribution in [2.24, 2.45) is 5.92 Å². The van der Waals surface area contributed by atoms with Gasteiger partial charge in [0.15, 0.2) is 0 Å². The van der Waals surface area contributed by atoms with Crippen LogP contribution in [0.25, 0.3) is 0 Å². The first kappa shape index (κ1) is 9.71. The van der Waals surface area contributed by atoms with Crippen LogP contribution in [-0.4, -0.2) is 18.0 Å². The third-order valence-electron chi connectivity index (χ3n) is 2.32. The van der Waals surface area contributed by atoms with E-state index in [1.54, 1.807) is 23.9 Å². The molecule has 1 aromatic rings. The Labute approximate surface area is 88.3 Å². The van der Waals surface area contributed by atoms with Gasteiger partial charge in [0.2, 0.25) is 0 Å². The molecule has 1 N–H and O–H groups in total. The molecule has 1 aliphatic carbocycles. The number of aromatic hydroxyl groups is 1. The standard InChI is InChI=1S/C11H14O2S/c1-14-11-5-4-9(12)6-10(11)13-7-8-2-3-8/h4-6,8,12H,2-3,7H2,1H3. The van der Waals surface area contributed by atoms with Crippen molar-refractivity contribution in [3.63, 3.8) is 0 Å². The first-order valence-electron chi connectivity index (χ1n) is 4.79. The van der Waals surface area contributed by atoms with Gasteiger partial charge >= 0.3 is 0 Å². The molecule has 2 rings (SSSR count). The topological polar surface area (TPSA) is 29.5 Å². The number of phenols is 1. The summed E-state index contributed by atoms with van der Waals surface area (Å²) in [7, 11) is 0. The lowest BCUT2D eigenvalue weighted by molar-refractivity contribution is 0.291. The zero-order chi connectivity index (χ0) is 9.97. The molecule has 0 atom stereocenters. The highest BCUT2D eigenvalue weighted by molar-refractivity contribution is 7.98. The number of rotatable bonds is 4. The van der Waals surface area contributed by atoms with E-state index in [1.807, 2.05) is 12.3 Å². The summed E-state index contributed by atoms with van der Waals surface area (Å²) in [6.07, 6.45) is 4.58. The Kier molecular flexibility index (Phi) is 2.87. The van der Waals surface area contributed by atoms with Crippen LogP contribution in [0, 0.1) is 5.92 Å². The van der Waals surface area contributed by atoms with Crippen molar-refractivity contribution < 1.29 is 9.84 Å². The van der Waals surface area contributed by atoms with Crippen LogP contribution in [0.1, 0.15) is 12.8 Å². The van der Waals surface area contributed by atoms with E-state index in [1.165, 1.54) is 12.8 Å². The highest BCUT2D eigenvalue weighted by atomic mass is 32.2. The summed E-state index contributed by atoms with van der Waals surface area (Å²) in [5.41, 5.74) is 0. The van der Waals surface area contributed by atoms with Crippen LogP contribution in [0.15, 0.2) is 23.1 Å². The Hall–Kier alpha value is -0.830. The molecule has 0 aromatic heterocycles. The fourth-order valence-electron chi connectivity index (χ4n) is 1.27. The van der Waals surface area contributed by atoms with Crippen molar-refractivity contribution >= 4 is 11.8 Å². The maximum Gasteiger partial charge on any atom is 0.136 e. The maximum atomic E-state index is 9.32. The Morgan fingerprint density at radius 3 is 2.93 bits per heavy atom. The van der Waals surface area contributed by atoms with Gasteiger partial charge < -0.3 is 9.84 Å². The molecule has 0 heterocycles. The minimum Gasteiger partial charge on any atom is -0.508 e. The summed E-state index contributed by atoms with van der Waals surface area (Å²) in [6.45, 7) is 0.789. The smallest absolute Gasteiger partial charge is 0.136 e. The molecule has 1 saturated carbocycles. The minimum absolute atomic E-state index is 0.272. The molecule has 0 aliphatic heterocycles. The zero-order valence-corrected chi connectivity index (χ0v) is 9.01. The molecule has 0 saturated heterocycles. The molecule has 2 nitrogen and oxygen atoms in total. The van der Waals surface area contributed by atoms with Gasteiger partial charge in [0.05, 0.1) is 6.61 Å². The van der Waals surface area contributed by atoms with Crippen LogP contribution in [0.5, 0.6) is 11.5 Å². The van der Waals surface area contributed by atoms with Gasteiger partial charge in [-0.3, -0.25) is 0 Å². The number of thioether (sulfide) groups is 1. The molecular weight excluding hydrogens is 196 g/mol. The van der Waals surface area contributed by atoms with Crippen molar-refractivity contribution in [2.45, 2.75) is 17.7 Å². The highest BCUT2D eigenvalue weighted by Gasteiger charge is 2.22. The molecule has 14 heavy (non-hydrogen) atoms. The van der Waals surface area contributed by atoms with Crippen LogP contribution in [-0.2, 0) is 0 Å². The van der Waals surface area contributed by atoms with Gasteiger partial charge in [-0.15, -0.1) is 11.8 Å². The average molecular weight is 210 g/mol. The number of hydrogen-bond acceptors (Lipinski definition) is 3. The summed E-state index contributed by atoms with van der Waals surface area (Å²) in [4.78, 5) is 1.09. The first-order valence-corrected chi connectivity index (χ1v) is 6.02. The van der Waals surface area contributed by atoms with Crippen LogP contribution in [0.4, 0.5) is 0 Å². The Balaban J connectivity index is 2.07. The zero-order valence-electron chi connectivity index (χ0n) is 8.19. The van der Waals surface area contributed by atoms with E-state index < -0.39 is 0 Å². The van der Waals surface area contributed by atoms with Gasteiger partial charge in [-0.2, -0.15) is 0 Å². The first-order chi connectivity index (χ1) is 6.79. The molecule has 76 valence electrons. The van der Waals surface area contributed by atoms with Crippen molar-refractivity contribution in [1.82, 2.24) is 0 Å². The fraction of sp³-hybridized carbons (Fsp3) is 0.455. The van der Waals surface area contributed by atoms with Gasteiger partial charge in [0.25, 0.3) is 0 Å². The number of hydrogen-bond donors (Lipinski definition) is 1. The largest absolute Gasteiger partial charge is 0.508 e. The van der Waals surface area contributed by atoms with E-state index in [9.17, 15) is 5.11 Å². The summed E-state index contributed by atoms with van der Waals surface area (Å²) in [6, 6.07) is 5.27. The minimum atomic E-state index is 0.272.